The van der Waals surface area contributed by atoms with Gasteiger partial charge in [-0.3, -0.25) is 5.41 Å². The zero-order chi connectivity index (χ0) is 10.6. The molecular weight excluding hydrogens is 200 g/mol. The van der Waals surface area contributed by atoms with Gasteiger partial charge in [0, 0.05) is 5.02 Å². The van der Waals surface area contributed by atoms with E-state index in [0.29, 0.717) is 11.6 Å². The summed E-state index contributed by atoms with van der Waals surface area (Å²) in [6, 6.07) is 7.41. The van der Waals surface area contributed by atoms with Crippen LogP contribution in [0, 0.1) is 5.41 Å². The number of hydrogen-bond donors (Lipinski definition) is 2. The summed E-state index contributed by atoms with van der Waals surface area (Å²) >= 11 is 5.80. The van der Waals surface area contributed by atoms with Gasteiger partial charge in [-0.15, -0.1) is 0 Å². The summed E-state index contributed by atoms with van der Waals surface area (Å²) < 4.78 is 5.34. The second-order valence-corrected chi connectivity index (χ2v) is 3.47. The topological polar surface area (TPSA) is 59.1 Å². The van der Waals surface area contributed by atoms with Gasteiger partial charge in [-0.2, -0.15) is 0 Å². The molecule has 1 aromatic rings. The van der Waals surface area contributed by atoms with Crippen LogP contribution in [0.4, 0.5) is 0 Å². The number of benzene rings is 1. The van der Waals surface area contributed by atoms with Crippen LogP contribution in [-0.2, 0) is 11.3 Å². The predicted molar refractivity (Wildman–Crippen MR) is 57.6 cm³/mol. The first kappa shape index (κ1) is 11.0. The van der Waals surface area contributed by atoms with Crippen LogP contribution in [0.15, 0.2) is 24.3 Å². The minimum atomic E-state index is -0.353. The molecule has 76 valence electrons. The summed E-state index contributed by atoms with van der Waals surface area (Å²) in [5, 5.41) is 7.82. The van der Waals surface area contributed by atoms with Crippen molar-refractivity contribution in [3.05, 3.63) is 34.9 Å². The first-order valence-electron chi connectivity index (χ1n) is 4.29. The second kappa shape index (κ2) is 4.98. The molecule has 0 aromatic heterocycles. The van der Waals surface area contributed by atoms with E-state index >= 15 is 0 Å². The number of halogens is 1. The highest BCUT2D eigenvalue weighted by Crippen LogP contribution is 2.11. The Morgan fingerprint density at radius 1 is 1.64 bits per heavy atom. The lowest BCUT2D eigenvalue weighted by atomic mass is 10.2. The molecule has 3 N–H and O–H groups in total. The molecular formula is C10H13ClN2O. The smallest absolute Gasteiger partial charge is 0.120 e. The summed E-state index contributed by atoms with van der Waals surface area (Å²) in [4.78, 5) is 0. The molecule has 0 aliphatic carbocycles. The van der Waals surface area contributed by atoms with Crippen LogP contribution >= 0.6 is 11.6 Å². The van der Waals surface area contributed by atoms with Gasteiger partial charge in [-0.25, -0.2) is 0 Å². The molecule has 14 heavy (non-hydrogen) atoms. The SMILES string of the molecule is CC(OCc1cccc(Cl)c1)C(=N)N. The summed E-state index contributed by atoms with van der Waals surface area (Å²) in [6.45, 7) is 2.16. The van der Waals surface area contributed by atoms with Gasteiger partial charge in [0.1, 0.15) is 11.9 Å². The van der Waals surface area contributed by atoms with Crippen molar-refractivity contribution in [1.82, 2.24) is 0 Å². The van der Waals surface area contributed by atoms with Gasteiger partial charge in [-0.1, -0.05) is 23.7 Å². The molecule has 0 radical (unpaired) electrons. The van der Waals surface area contributed by atoms with Crippen LogP contribution in [-0.4, -0.2) is 11.9 Å². The Morgan fingerprint density at radius 3 is 2.93 bits per heavy atom. The Morgan fingerprint density at radius 2 is 2.36 bits per heavy atom. The van der Waals surface area contributed by atoms with Crippen molar-refractivity contribution >= 4 is 17.4 Å². The molecule has 1 aromatic carbocycles. The summed E-state index contributed by atoms with van der Waals surface area (Å²) in [5.41, 5.74) is 6.24. The molecule has 0 spiro atoms. The quantitative estimate of drug-likeness (QED) is 0.594. The molecule has 0 fully saturated rings. The zero-order valence-corrected chi connectivity index (χ0v) is 8.71. The van der Waals surface area contributed by atoms with Gasteiger partial charge < -0.3 is 10.5 Å². The zero-order valence-electron chi connectivity index (χ0n) is 7.96. The Hall–Kier alpha value is -1.06. The highest BCUT2D eigenvalue weighted by atomic mass is 35.5. The van der Waals surface area contributed by atoms with Gasteiger partial charge in [0.25, 0.3) is 0 Å². The number of amidine groups is 1. The third-order valence-electron chi connectivity index (χ3n) is 1.83. The third-order valence-corrected chi connectivity index (χ3v) is 2.06. The average Bonchev–Trinajstić information content (AvgIpc) is 2.14. The van der Waals surface area contributed by atoms with E-state index in [4.69, 9.17) is 27.5 Å². The maximum atomic E-state index is 7.14. The fourth-order valence-electron chi connectivity index (χ4n) is 0.938. The highest BCUT2D eigenvalue weighted by molar-refractivity contribution is 6.30. The molecule has 4 heteroatoms. The first-order chi connectivity index (χ1) is 6.59. The summed E-state index contributed by atoms with van der Waals surface area (Å²) in [5.74, 6) is 0.0343. The van der Waals surface area contributed by atoms with E-state index in [9.17, 15) is 0 Å². The maximum absolute atomic E-state index is 7.14. The fourth-order valence-corrected chi connectivity index (χ4v) is 1.15. The summed E-state index contributed by atoms with van der Waals surface area (Å²) in [6.07, 6.45) is -0.353. The maximum Gasteiger partial charge on any atom is 0.120 e. The van der Waals surface area contributed by atoms with E-state index in [0.717, 1.165) is 5.56 Å². The molecule has 1 atom stereocenters. The first-order valence-corrected chi connectivity index (χ1v) is 4.67. The molecule has 0 amide bonds. The molecule has 0 aliphatic heterocycles. The van der Waals surface area contributed by atoms with Gasteiger partial charge in [-0.05, 0) is 24.6 Å². The van der Waals surface area contributed by atoms with E-state index in [2.05, 4.69) is 0 Å². The predicted octanol–water partition coefficient (Wildman–Crippen LogP) is 2.18. The van der Waals surface area contributed by atoms with Crippen LogP contribution in [0.25, 0.3) is 0 Å². The van der Waals surface area contributed by atoms with Crippen molar-refractivity contribution in [3.63, 3.8) is 0 Å². The number of ether oxygens (including phenoxy) is 1. The summed E-state index contributed by atoms with van der Waals surface area (Å²) in [7, 11) is 0. The lowest BCUT2D eigenvalue weighted by molar-refractivity contribution is 0.0948. The van der Waals surface area contributed by atoms with Crippen molar-refractivity contribution in [2.45, 2.75) is 19.6 Å². The minimum Gasteiger partial charge on any atom is -0.385 e. The molecule has 0 aliphatic rings. The van der Waals surface area contributed by atoms with Gasteiger partial charge in [0.2, 0.25) is 0 Å². The van der Waals surface area contributed by atoms with E-state index < -0.39 is 0 Å². The van der Waals surface area contributed by atoms with Crippen LogP contribution < -0.4 is 5.73 Å². The molecule has 0 saturated carbocycles. The molecule has 0 bridgehead atoms. The average molecular weight is 213 g/mol. The lowest BCUT2D eigenvalue weighted by Crippen LogP contribution is -2.27. The fraction of sp³-hybridized carbons (Fsp3) is 0.300. The number of hydrogen-bond acceptors (Lipinski definition) is 2. The van der Waals surface area contributed by atoms with Gasteiger partial charge >= 0.3 is 0 Å². The minimum absolute atomic E-state index is 0.0343. The third kappa shape index (κ3) is 3.36. The lowest BCUT2D eigenvalue weighted by Gasteiger charge is -2.11. The molecule has 0 saturated heterocycles. The van der Waals surface area contributed by atoms with Crippen molar-refractivity contribution in [1.29, 1.82) is 5.41 Å². The Labute approximate surface area is 88.3 Å². The highest BCUT2D eigenvalue weighted by Gasteiger charge is 2.04. The van der Waals surface area contributed by atoms with Crippen LogP contribution in [0.5, 0.6) is 0 Å². The van der Waals surface area contributed by atoms with Crippen molar-refractivity contribution < 1.29 is 4.74 Å². The monoisotopic (exact) mass is 212 g/mol. The number of rotatable bonds is 4. The van der Waals surface area contributed by atoms with Crippen molar-refractivity contribution in [3.8, 4) is 0 Å². The largest absolute Gasteiger partial charge is 0.385 e. The Kier molecular flexibility index (Phi) is 3.92. The van der Waals surface area contributed by atoms with E-state index in [1.165, 1.54) is 0 Å². The van der Waals surface area contributed by atoms with E-state index in [1.54, 1.807) is 13.0 Å². The number of nitrogens with two attached hydrogens (primary N) is 1. The van der Waals surface area contributed by atoms with E-state index in [-0.39, 0.29) is 11.9 Å². The molecule has 3 nitrogen and oxygen atoms in total. The molecule has 0 heterocycles. The van der Waals surface area contributed by atoms with Crippen LogP contribution in [0.2, 0.25) is 5.02 Å². The van der Waals surface area contributed by atoms with Crippen molar-refractivity contribution in [2.75, 3.05) is 0 Å². The molecule has 1 rings (SSSR count). The van der Waals surface area contributed by atoms with E-state index in [1.807, 2.05) is 18.2 Å². The normalized spacial score (nSPS) is 12.4. The standard InChI is InChI=1S/C10H13ClN2O/c1-7(10(12)13)14-6-8-3-2-4-9(11)5-8/h2-5,7H,6H2,1H3,(H3,12,13). The second-order valence-electron chi connectivity index (χ2n) is 3.04. The van der Waals surface area contributed by atoms with Gasteiger partial charge in [0.15, 0.2) is 0 Å². The molecule has 1 unspecified atom stereocenters. The van der Waals surface area contributed by atoms with Crippen molar-refractivity contribution in [2.24, 2.45) is 5.73 Å². The number of nitrogens with one attached hydrogen (secondary N) is 1. The van der Waals surface area contributed by atoms with Crippen LogP contribution in [0.1, 0.15) is 12.5 Å². The Balaban J connectivity index is 2.49. The van der Waals surface area contributed by atoms with Gasteiger partial charge in [0.05, 0.1) is 6.61 Å². The Bertz CT molecular complexity index is 328. The van der Waals surface area contributed by atoms with Crippen LogP contribution in [0.3, 0.4) is 0 Å².